The second-order valence-corrected chi connectivity index (χ2v) is 4.46. The molecule has 1 aliphatic rings. The molecule has 1 saturated heterocycles. The van der Waals surface area contributed by atoms with E-state index in [2.05, 4.69) is 20.8 Å². The van der Waals surface area contributed by atoms with Crippen molar-refractivity contribution in [2.24, 2.45) is 11.1 Å². The van der Waals surface area contributed by atoms with Gasteiger partial charge in [-0.1, -0.05) is 20.8 Å². The average Bonchev–Trinajstić information content (AvgIpc) is 2.03. The summed E-state index contributed by atoms with van der Waals surface area (Å²) in [5.41, 5.74) is 5.60. The Morgan fingerprint density at radius 2 is 2.17 bits per heavy atom. The molecule has 12 heavy (non-hydrogen) atoms. The molecule has 0 aliphatic carbocycles. The summed E-state index contributed by atoms with van der Waals surface area (Å²) in [6.45, 7) is 7.01. The standard InChI is InChI=1S/C9H20N2O/c1-5-8(2,3)9(10)7(12)6-11(9)4/h7,12H,5-6,10H2,1-4H3. The fraction of sp³-hybridized carbons (Fsp3) is 1.00. The van der Waals surface area contributed by atoms with Crippen LogP contribution >= 0.6 is 0 Å². The van der Waals surface area contributed by atoms with Gasteiger partial charge >= 0.3 is 0 Å². The van der Waals surface area contributed by atoms with Crippen molar-refractivity contribution in [1.29, 1.82) is 0 Å². The van der Waals surface area contributed by atoms with Crippen LogP contribution in [0.5, 0.6) is 0 Å². The molecule has 1 rings (SSSR count). The Morgan fingerprint density at radius 1 is 1.67 bits per heavy atom. The zero-order chi connectivity index (χ0) is 9.57. The van der Waals surface area contributed by atoms with Gasteiger partial charge in [0.05, 0.1) is 6.10 Å². The molecule has 0 amide bonds. The molecular formula is C9H20N2O. The Morgan fingerprint density at radius 3 is 2.33 bits per heavy atom. The zero-order valence-corrected chi connectivity index (χ0v) is 8.46. The molecule has 1 heterocycles. The first-order valence-corrected chi connectivity index (χ1v) is 4.54. The molecule has 0 aromatic heterocycles. The Balaban J connectivity index is 2.84. The fourth-order valence-corrected chi connectivity index (χ4v) is 1.94. The number of β-amino-alcohol motifs (C(OH)–C–C–N with tert-alkyl or cyclic N) is 1. The molecule has 3 heteroatoms. The first kappa shape index (κ1) is 9.96. The third-order valence-electron chi connectivity index (χ3n) is 3.55. The number of hydrogen-bond donors (Lipinski definition) is 2. The third kappa shape index (κ3) is 1.00. The number of nitrogens with zero attached hydrogens (tertiary/aromatic N) is 1. The molecule has 3 nitrogen and oxygen atoms in total. The molecule has 0 aromatic carbocycles. The van der Waals surface area contributed by atoms with Gasteiger partial charge in [-0.2, -0.15) is 0 Å². The van der Waals surface area contributed by atoms with Gasteiger partial charge in [0.2, 0.25) is 0 Å². The summed E-state index contributed by atoms with van der Waals surface area (Å²) in [5.74, 6) is 0. The lowest BCUT2D eigenvalue weighted by molar-refractivity contribution is -0.179. The molecule has 3 N–H and O–H groups in total. The summed E-state index contributed by atoms with van der Waals surface area (Å²) in [7, 11) is 1.96. The lowest BCUT2D eigenvalue weighted by Gasteiger charge is -2.60. The van der Waals surface area contributed by atoms with Crippen molar-refractivity contribution < 1.29 is 5.11 Å². The molecule has 0 bridgehead atoms. The first-order chi connectivity index (χ1) is 5.36. The van der Waals surface area contributed by atoms with Crippen LogP contribution in [0.1, 0.15) is 27.2 Å². The predicted octanol–water partition coefficient (Wildman–Crippen LogP) is 0.384. The van der Waals surface area contributed by atoms with Crippen molar-refractivity contribution in [2.45, 2.75) is 39.0 Å². The van der Waals surface area contributed by atoms with Crippen molar-refractivity contribution in [2.75, 3.05) is 13.6 Å². The zero-order valence-electron chi connectivity index (χ0n) is 8.46. The number of aliphatic hydroxyl groups is 1. The number of hydrogen-bond acceptors (Lipinski definition) is 3. The van der Waals surface area contributed by atoms with Crippen molar-refractivity contribution in [3.8, 4) is 0 Å². The predicted molar refractivity (Wildman–Crippen MR) is 49.6 cm³/mol. The molecule has 1 aliphatic heterocycles. The second kappa shape index (κ2) is 2.69. The van der Waals surface area contributed by atoms with Crippen LogP contribution in [0.2, 0.25) is 0 Å². The Kier molecular flexibility index (Phi) is 2.23. The smallest absolute Gasteiger partial charge is 0.102 e. The number of rotatable bonds is 2. The van der Waals surface area contributed by atoms with E-state index in [1.165, 1.54) is 0 Å². The van der Waals surface area contributed by atoms with Crippen molar-refractivity contribution in [3.05, 3.63) is 0 Å². The van der Waals surface area contributed by atoms with E-state index in [0.29, 0.717) is 6.54 Å². The van der Waals surface area contributed by atoms with Crippen LogP contribution in [-0.2, 0) is 0 Å². The SMILES string of the molecule is CCC(C)(C)C1(N)C(O)CN1C. The van der Waals surface area contributed by atoms with E-state index in [1.807, 2.05) is 11.9 Å². The Bertz CT molecular complexity index is 171. The third-order valence-corrected chi connectivity index (χ3v) is 3.55. The van der Waals surface area contributed by atoms with Gasteiger partial charge in [-0.15, -0.1) is 0 Å². The maximum absolute atomic E-state index is 9.64. The number of likely N-dealkylation sites (N-methyl/N-ethyl adjacent to an activating group) is 1. The van der Waals surface area contributed by atoms with Crippen LogP contribution in [0.3, 0.4) is 0 Å². The van der Waals surface area contributed by atoms with E-state index in [1.54, 1.807) is 0 Å². The highest BCUT2D eigenvalue weighted by Crippen LogP contribution is 2.42. The summed E-state index contributed by atoms with van der Waals surface area (Å²) in [6.07, 6.45) is 0.600. The molecule has 0 radical (unpaired) electrons. The van der Waals surface area contributed by atoms with E-state index >= 15 is 0 Å². The summed E-state index contributed by atoms with van der Waals surface area (Å²) >= 11 is 0. The molecule has 72 valence electrons. The minimum absolute atomic E-state index is 0.0284. The van der Waals surface area contributed by atoms with E-state index in [-0.39, 0.29) is 11.5 Å². The molecular weight excluding hydrogens is 152 g/mol. The maximum atomic E-state index is 9.64. The lowest BCUT2D eigenvalue weighted by atomic mass is 9.68. The van der Waals surface area contributed by atoms with Gasteiger partial charge in [0.25, 0.3) is 0 Å². The van der Waals surface area contributed by atoms with Crippen LogP contribution in [-0.4, -0.2) is 35.4 Å². The average molecular weight is 172 g/mol. The molecule has 1 fully saturated rings. The maximum Gasteiger partial charge on any atom is 0.102 e. The molecule has 0 aromatic rings. The van der Waals surface area contributed by atoms with Gasteiger partial charge in [-0.25, -0.2) is 0 Å². The van der Waals surface area contributed by atoms with Crippen molar-refractivity contribution >= 4 is 0 Å². The topological polar surface area (TPSA) is 49.5 Å². The number of nitrogens with two attached hydrogens (primary N) is 1. The van der Waals surface area contributed by atoms with Crippen molar-refractivity contribution in [1.82, 2.24) is 4.90 Å². The van der Waals surface area contributed by atoms with Gasteiger partial charge in [0.15, 0.2) is 0 Å². The van der Waals surface area contributed by atoms with Crippen LogP contribution in [0.15, 0.2) is 0 Å². The Labute approximate surface area is 74.5 Å². The minimum atomic E-state index is -0.526. The summed E-state index contributed by atoms with van der Waals surface area (Å²) in [5, 5.41) is 9.64. The van der Waals surface area contributed by atoms with E-state index in [4.69, 9.17) is 5.73 Å². The van der Waals surface area contributed by atoms with Crippen LogP contribution in [0.25, 0.3) is 0 Å². The van der Waals surface area contributed by atoms with Crippen molar-refractivity contribution in [3.63, 3.8) is 0 Å². The van der Waals surface area contributed by atoms with Gasteiger partial charge in [-0.05, 0) is 18.9 Å². The van der Waals surface area contributed by atoms with E-state index < -0.39 is 5.66 Å². The summed E-state index contributed by atoms with van der Waals surface area (Å²) in [6, 6.07) is 0. The highest BCUT2D eigenvalue weighted by molar-refractivity contribution is 5.09. The minimum Gasteiger partial charge on any atom is -0.388 e. The van der Waals surface area contributed by atoms with Crippen LogP contribution in [0.4, 0.5) is 0 Å². The summed E-state index contributed by atoms with van der Waals surface area (Å²) < 4.78 is 0. The van der Waals surface area contributed by atoms with Gasteiger partial charge < -0.3 is 10.8 Å². The number of likely N-dealkylation sites (tertiary alicyclic amines) is 1. The normalized spacial score (nSPS) is 38.0. The monoisotopic (exact) mass is 172 g/mol. The van der Waals surface area contributed by atoms with Crippen LogP contribution < -0.4 is 5.73 Å². The summed E-state index contributed by atoms with van der Waals surface area (Å²) in [4.78, 5) is 2.03. The molecule has 0 spiro atoms. The quantitative estimate of drug-likeness (QED) is 0.633. The highest BCUT2D eigenvalue weighted by atomic mass is 16.3. The van der Waals surface area contributed by atoms with E-state index in [0.717, 1.165) is 6.42 Å². The Hall–Kier alpha value is -0.120. The highest BCUT2D eigenvalue weighted by Gasteiger charge is 2.56. The molecule has 2 atom stereocenters. The largest absolute Gasteiger partial charge is 0.388 e. The fourth-order valence-electron chi connectivity index (χ4n) is 1.94. The van der Waals surface area contributed by atoms with Gasteiger partial charge in [-0.3, -0.25) is 4.90 Å². The molecule has 2 unspecified atom stereocenters. The van der Waals surface area contributed by atoms with Gasteiger partial charge in [0.1, 0.15) is 5.66 Å². The number of aliphatic hydroxyl groups excluding tert-OH is 1. The van der Waals surface area contributed by atoms with Crippen LogP contribution in [0, 0.1) is 5.41 Å². The van der Waals surface area contributed by atoms with Gasteiger partial charge in [0, 0.05) is 6.54 Å². The second-order valence-electron chi connectivity index (χ2n) is 4.46. The van der Waals surface area contributed by atoms with E-state index in [9.17, 15) is 5.11 Å². The lowest BCUT2D eigenvalue weighted by Crippen LogP contribution is -2.80. The first-order valence-electron chi connectivity index (χ1n) is 4.54. The molecule has 0 saturated carbocycles.